The van der Waals surface area contributed by atoms with Crippen LogP contribution in [0.5, 0.6) is 0 Å². The highest BCUT2D eigenvalue weighted by Gasteiger charge is 2.33. The van der Waals surface area contributed by atoms with E-state index in [1.54, 1.807) is 12.2 Å². The number of allylic oxidation sites excluding steroid dienone is 1. The first-order valence-corrected chi connectivity index (χ1v) is 8.18. The fourth-order valence-corrected chi connectivity index (χ4v) is 3.21. The van der Waals surface area contributed by atoms with Crippen LogP contribution in [0.25, 0.3) is 10.6 Å². The lowest BCUT2D eigenvalue weighted by atomic mass is 10.1. The SMILES string of the molecule is CN(C1=CCC(OC(F)(F)F)C=C1)c1csc(-c2ccccc2)n1. The van der Waals surface area contributed by atoms with Crippen LogP contribution in [-0.2, 0) is 4.74 Å². The first-order chi connectivity index (χ1) is 11.4. The van der Waals surface area contributed by atoms with Gasteiger partial charge < -0.3 is 4.90 Å². The zero-order chi connectivity index (χ0) is 17.2. The van der Waals surface area contributed by atoms with Crippen LogP contribution in [0.3, 0.4) is 0 Å². The fraction of sp³-hybridized carbons (Fsp3) is 0.235. The summed E-state index contributed by atoms with van der Waals surface area (Å²) in [5, 5.41) is 2.83. The molecule has 3 nitrogen and oxygen atoms in total. The van der Waals surface area contributed by atoms with Gasteiger partial charge in [-0.1, -0.05) is 42.5 Å². The lowest BCUT2D eigenvalue weighted by molar-refractivity contribution is -0.336. The van der Waals surface area contributed by atoms with Crippen molar-refractivity contribution in [3.63, 3.8) is 0 Å². The molecule has 1 aliphatic carbocycles. The molecule has 3 rings (SSSR count). The molecule has 7 heteroatoms. The Morgan fingerprint density at radius 1 is 1.25 bits per heavy atom. The molecule has 0 saturated carbocycles. The molecule has 0 bridgehead atoms. The molecule has 0 spiro atoms. The molecule has 0 N–H and O–H groups in total. The van der Waals surface area contributed by atoms with Gasteiger partial charge >= 0.3 is 6.36 Å². The summed E-state index contributed by atoms with van der Waals surface area (Å²) in [6, 6.07) is 9.82. The first kappa shape index (κ1) is 16.7. The predicted molar refractivity (Wildman–Crippen MR) is 88.7 cm³/mol. The maximum absolute atomic E-state index is 12.2. The van der Waals surface area contributed by atoms with E-state index in [9.17, 15) is 13.2 Å². The van der Waals surface area contributed by atoms with Gasteiger partial charge in [0.25, 0.3) is 0 Å². The molecule has 1 atom stereocenters. The molecule has 0 fully saturated rings. The lowest BCUT2D eigenvalue weighted by Crippen LogP contribution is -2.25. The highest BCUT2D eigenvalue weighted by atomic mass is 32.1. The Hall–Kier alpha value is -2.12. The number of hydrogen-bond acceptors (Lipinski definition) is 4. The number of aromatic nitrogens is 1. The summed E-state index contributed by atoms with van der Waals surface area (Å²) < 4.78 is 40.7. The van der Waals surface area contributed by atoms with Gasteiger partial charge in [0.2, 0.25) is 0 Å². The van der Waals surface area contributed by atoms with Crippen LogP contribution >= 0.6 is 11.3 Å². The minimum atomic E-state index is -4.62. The van der Waals surface area contributed by atoms with Gasteiger partial charge in [-0.2, -0.15) is 0 Å². The Bertz CT molecular complexity index is 753. The number of hydrogen-bond donors (Lipinski definition) is 0. The Kier molecular flexibility index (Phi) is 4.73. The van der Waals surface area contributed by atoms with Crippen molar-refractivity contribution in [2.24, 2.45) is 0 Å². The second kappa shape index (κ2) is 6.78. The fourth-order valence-electron chi connectivity index (χ4n) is 2.36. The van der Waals surface area contributed by atoms with Gasteiger partial charge in [-0.25, -0.2) is 4.98 Å². The van der Waals surface area contributed by atoms with Gasteiger partial charge in [-0.05, 0) is 12.5 Å². The third kappa shape index (κ3) is 4.04. The van der Waals surface area contributed by atoms with E-state index < -0.39 is 12.5 Å². The highest BCUT2D eigenvalue weighted by Crippen LogP contribution is 2.30. The zero-order valence-corrected chi connectivity index (χ0v) is 13.6. The van der Waals surface area contributed by atoms with Crippen molar-refractivity contribution in [1.82, 2.24) is 4.98 Å². The molecule has 1 aromatic heterocycles. The van der Waals surface area contributed by atoms with E-state index in [0.717, 1.165) is 22.1 Å². The van der Waals surface area contributed by atoms with Gasteiger partial charge in [-0.3, -0.25) is 4.74 Å². The van der Waals surface area contributed by atoms with Crippen molar-refractivity contribution in [2.75, 3.05) is 11.9 Å². The predicted octanol–water partition coefficient (Wildman–Crippen LogP) is 5.00. The summed E-state index contributed by atoms with van der Waals surface area (Å²) in [6.45, 7) is 0. The van der Waals surface area contributed by atoms with Crippen molar-refractivity contribution >= 4 is 17.2 Å². The third-order valence-electron chi connectivity index (χ3n) is 3.57. The van der Waals surface area contributed by atoms with Gasteiger partial charge in [0.15, 0.2) is 0 Å². The highest BCUT2D eigenvalue weighted by molar-refractivity contribution is 7.13. The van der Waals surface area contributed by atoms with Gasteiger partial charge in [0.1, 0.15) is 10.8 Å². The van der Waals surface area contributed by atoms with Crippen molar-refractivity contribution < 1.29 is 17.9 Å². The monoisotopic (exact) mass is 352 g/mol. The molecule has 1 aromatic carbocycles. The van der Waals surface area contributed by atoms with Crippen LogP contribution in [0.2, 0.25) is 0 Å². The first-order valence-electron chi connectivity index (χ1n) is 7.30. The maximum Gasteiger partial charge on any atom is 0.523 e. The lowest BCUT2D eigenvalue weighted by Gasteiger charge is -2.23. The summed E-state index contributed by atoms with van der Waals surface area (Å²) in [7, 11) is 1.84. The van der Waals surface area contributed by atoms with Gasteiger partial charge in [0, 0.05) is 23.7 Å². The van der Waals surface area contributed by atoms with Crippen molar-refractivity contribution in [2.45, 2.75) is 18.9 Å². The molecule has 1 unspecified atom stereocenters. The number of rotatable bonds is 4. The topological polar surface area (TPSA) is 25.4 Å². The molecule has 0 saturated heterocycles. The molecule has 1 heterocycles. The minimum absolute atomic E-state index is 0.172. The van der Waals surface area contributed by atoms with E-state index in [1.807, 2.05) is 47.7 Å². The number of nitrogens with zero attached hydrogens (tertiary/aromatic N) is 2. The maximum atomic E-state index is 12.2. The Labute approximate surface area is 141 Å². The Balaban J connectivity index is 1.69. The Morgan fingerprint density at radius 2 is 2.00 bits per heavy atom. The summed E-state index contributed by atoms with van der Waals surface area (Å²) in [4.78, 5) is 6.44. The normalized spacial score (nSPS) is 17.7. The van der Waals surface area contributed by atoms with E-state index in [2.05, 4.69) is 9.72 Å². The smallest absolute Gasteiger partial charge is 0.329 e. The van der Waals surface area contributed by atoms with Gasteiger partial charge in [-0.15, -0.1) is 24.5 Å². The second-order valence-electron chi connectivity index (χ2n) is 5.26. The van der Waals surface area contributed by atoms with Gasteiger partial charge in [0.05, 0.1) is 6.10 Å². The van der Waals surface area contributed by atoms with E-state index in [4.69, 9.17) is 0 Å². The molecular formula is C17H15F3N2OS. The summed E-state index contributed by atoms with van der Waals surface area (Å²) in [5.74, 6) is 0.755. The summed E-state index contributed by atoms with van der Waals surface area (Å²) in [5.41, 5.74) is 1.83. The van der Waals surface area contributed by atoms with E-state index >= 15 is 0 Å². The van der Waals surface area contributed by atoms with Crippen molar-refractivity contribution in [3.05, 3.63) is 59.6 Å². The molecular weight excluding hydrogens is 337 g/mol. The average Bonchev–Trinajstić information content (AvgIpc) is 3.04. The van der Waals surface area contributed by atoms with Crippen LogP contribution in [-0.4, -0.2) is 24.5 Å². The largest absolute Gasteiger partial charge is 0.523 e. The molecule has 1 aliphatic rings. The minimum Gasteiger partial charge on any atom is -0.329 e. The number of anilines is 1. The summed E-state index contributed by atoms with van der Waals surface area (Å²) >= 11 is 1.53. The van der Waals surface area contributed by atoms with E-state index in [0.29, 0.717) is 0 Å². The van der Waals surface area contributed by atoms with E-state index in [-0.39, 0.29) is 6.42 Å². The number of thiazole rings is 1. The van der Waals surface area contributed by atoms with Crippen LogP contribution < -0.4 is 4.90 Å². The van der Waals surface area contributed by atoms with Crippen LogP contribution in [0, 0.1) is 0 Å². The quantitative estimate of drug-likeness (QED) is 0.775. The zero-order valence-electron chi connectivity index (χ0n) is 12.8. The number of likely N-dealkylation sites (N-methyl/N-ethyl adjacent to an activating group) is 1. The van der Waals surface area contributed by atoms with Crippen molar-refractivity contribution in [3.8, 4) is 10.6 Å². The van der Waals surface area contributed by atoms with Crippen LogP contribution in [0.1, 0.15) is 6.42 Å². The molecule has 0 radical (unpaired) electrons. The molecule has 0 amide bonds. The number of ether oxygens (including phenoxy) is 1. The standard InChI is InChI=1S/C17H15F3N2OS/c1-22(13-7-9-14(10-8-13)23-17(18,19)20)15-11-24-16(21-15)12-5-3-2-4-6-12/h2-9,11,14H,10H2,1H3. The third-order valence-corrected chi connectivity index (χ3v) is 4.45. The molecule has 24 heavy (non-hydrogen) atoms. The average molecular weight is 352 g/mol. The van der Waals surface area contributed by atoms with Crippen LogP contribution in [0.4, 0.5) is 19.0 Å². The summed E-state index contributed by atoms with van der Waals surface area (Å²) in [6.07, 6.45) is -0.655. The number of alkyl halides is 3. The molecule has 0 aliphatic heterocycles. The van der Waals surface area contributed by atoms with E-state index in [1.165, 1.54) is 17.4 Å². The Morgan fingerprint density at radius 3 is 2.62 bits per heavy atom. The number of halogens is 3. The molecule has 2 aromatic rings. The number of benzene rings is 1. The second-order valence-corrected chi connectivity index (χ2v) is 6.12. The van der Waals surface area contributed by atoms with Crippen molar-refractivity contribution in [1.29, 1.82) is 0 Å². The van der Waals surface area contributed by atoms with Crippen LogP contribution in [0.15, 0.2) is 59.6 Å². The molecule has 126 valence electrons.